The average molecular weight is 896 g/mol. The zero-order valence-electron chi connectivity index (χ0n) is 37.9. The van der Waals surface area contributed by atoms with E-state index in [2.05, 4.69) is 73.1 Å². The van der Waals surface area contributed by atoms with E-state index in [1.54, 1.807) is 6.08 Å². The number of carboxylic acid groups (broad SMARTS) is 1. The lowest BCUT2D eigenvalue weighted by Crippen LogP contribution is -2.34. The Labute approximate surface area is 373 Å². The smallest absolute Gasteiger partial charge is 0.472 e. The lowest BCUT2D eigenvalue weighted by Gasteiger charge is -2.20. The van der Waals surface area contributed by atoms with E-state index in [1.165, 1.54) is 51.4 Å². The minimum absolute atomic E-state index is 0.110. The molecule has 0 heterocycles. The number of phosphoric ester groups is 1. The fraction of sp³-hybridized carbons (Fsp3) is 0.688. The number of rotatable bonds is 42. The number of phosphoric acid groups is 1. The molecular weight excluding hydrogens is 813 g/mol. The zero-order valence-corrected chi connectivity index (χ0v) is 38.8. The van der Waals surface area contributed by atoms with E-state index in [-0.39, 0.29) is 32.1 Å². The van der Waals surface area contributed by atoms with Crippen LogP contribution in [0.25, 0.3) is 0 Å². The predicted molar refractivity (Wildman–Crippen MR) is 247 cm³/mol. The van der Waals surface area contributed by atoms with Gasteiger partial charge in [0.1, 0.15) is 12.6 Å². The van der Waals surface area contributed by atoms with Gasteiger partial charge in [-0.15, -0.1) is 0 Å². The highest BCUT2D eigenvalue weighted by atomic mass is 31.2. The van der Waals surface area contributed by atoms with Gasteiger partial charge >= 0.3 is 25.7 Å². The number of aliphatic carboxylic acids is 1. The number of ether oxygens (including phenoxy) is 2. The van der Waals surface area contributed by atoms with E-state index in [9.17, 15) is 34.1 Å². The van der Waals surface area contributed by atoms with Crippen LogP contribution >= 0.6 is 7.82 Å². The van der Waals surface area contributed by atoms with Gasteiger partial charge in [-0.2, -0.15) is 0 Å². The third kappa shape index (κ3) is 39.7. The number of aliphatic hydroxyl groups excluding tert-OH is 2. The summed E-state index contributed by atoms with van der Waals surface area (Å²) >= 11 is 0. The highest BCUT2D eigenvalue weighted by Gasteiger charge is 2.28. The minimum Gasteiger partial charge on any atom is -0.480 e. The van der Waals surface area contributed by atoms with E-state index < -0.39 is 69.9 Å². The van der Waals surface area contributed by atoms with E-state index >= 15 is 0 Å². The number of nitrogens with two attached hydrogens (primary N) is 1. The average Bonchev–Trinajstić information content (AvgIpc) is 3.24. The van der Waals surface area contributed by atoms with Crippen molar-refractivity contribution in [2.75, 3.05) is 19.8 Å². The Hall–Kier alpha value is -3.16. The van der Waals surface area contributed by atoms with Gasteiger partial charge in [-0.1, -0.05) is 145 Å². The van der Waals surface area contributed by atoms with Crippen LogP contribution in [0.5, 0.6) is 0 Å². The molecule has 0 aliphatic rings. The van der Waals surface area contributed by atoms with Crippen LogP contribution in [-0.2, 0) is 37.5 Å². The van der Waals surface area contributed by atoms with Crippen LogP contribution in [0.1, 0.15) is 168 Å². The molecule has 0 fully saturated rings. The Bertz CT molecular complexity index is 1360. The van der Waals surface area contributed by atoms with Crippen LogP contribution < -0.4 is 5.73 Å². The molecule has 0 spiro atoms. The van der Waals surface area contributed by atoms with Crippen molar-refractivity contribution in [1.29, 1.82) is 0 Å². The van der Waals surface area contributed by atoms with Gasteiger partial charge in [0.15, 0.2) is 6.10 Å². The molecule has 0 amide bonds. The topological polar surface area (TPSA) is 212 Å². The number of aliphatic hydroxyl groups is 2. The maximum Gasteiger partial charge on any atom is 0.472 e. The van der Waals surface area contributed by atoms with Gasteiger partial charge in [0.2, 0.25) is 0 Å². The van der Waals surface area contributed by atoms with E-state index in [0.29, 0.717) is 12.8 Å². The zero-order chi connectivity index (χ0) is 45.9. The molecule has 0 rings (SSSR count). The Morgan fingerprint density at radius 3 is 1.63 bits per heavy atom. The minimum atomic E-state index is -4.81. The van der Waals surface area contributed by atoms with E-state index in [1.807, 2.05) is 12.2 Å². The number of carboxylic acids is 1. The molecule has 6 N–H and O–H groups in total. The van der Waals surface area contributed by atoms with Crippen LogP contribution in [0.15, 0.2) is 72.9 Å². The van der Waals surface area contributed by atoms with E-state index in [4.69, 9.17) is 24.8 Å². The first-order valence-electron chi connectivity index (χ1n) is 23.1. The number of carbonyl (C=O) groups is 3. The Kier molecular flexibility index (Phi) is 39.7. The molecule has 5 atom stereocenters. The molecule has 356 valence electrons. The molecule has 0 saturated carbocycles. The van der Waals surface area contributed by atoms with Crippen LogP contribution in [0.3, 0.4) is 0 Å². The Morgan fingerprint density at radius 2 is 1.06 bits per heavy atom. The second-order valence-electron chi connectivity index (χ2n) is 15.5. The lowest BCUT2D eigenvalue weighted by molar-refractivity contribution is -0.161. The van der Waals surface area contributed by atoms with E-state index in [0.717, 1.165) is 57.8 Å². The molecule has 62 heavy (non-hydrogen) atoms. The predicted octanol–water partition coefficient (Wildman–Crippen LogP) is 10.4. The summed E-state index contributed by atoms with van der Waals surface area (Å²) in [6, 6.07) is -1.57. The molecule has 0 radical (unpaired) electrons. The SMILES string of the molecule is CC/C=C\C/C=C\C/C=C\C/C=C\C[C@@H](O)[C@H](O)CCCC(=O)O[C@H](COC(=O)CCCCCCCCCCC/C=C\C/C=C\CCCCC)COP(=O)(O)OC[C@H](N)C(=O)O. The van der Waals surface area contributed by atoms with Gasteiger partial charge in [-0.05, 0) is 83.5 Å². The van der Waals surface area contributed by atoms with Gasteiger partial charge in [0, 0.05) is 12.8 Å². The van der Waals surface area contributed by atoms with Gasteiger partial charge in [-0.25, -0.2) is 4.57 Å². The molecule has 0 aromatic carbocycles. The number of hydrogen-bond acceptors (Lipinski definition) is 11. The molecule has 0 aromatic heterocycles. The summed E-state index contributed by atoms with van der Waals surface area (Å²) in [5.41, 5.74) is 5.32. The van der Waals surface area contributed by atoms with Crippen LogP contribution in [0.2, 0.25) is 0 Å². The van der Waals surface area contributed by atoms with Crippen LogP contribution in [-0.4, -0.2) is 82.3 Å². The first-order chi connectivity index (χ1) is 29.9. The maximum absolute atomic E-state index is 12.7. The quantitative estimate of drug-likeness (QED) is 0.0167. The molecule has 0 aromatic rings. The molecule has 0 aliphatic carbocycles. The number of unbranched alkanes of at least 4 members (excludes halogenated alkanes) is 12. The summed E-state index contributed by atoms with van der Waals surface area (Å²) in [5, 5.41) is 29.6. The Balaban J connectivity index is 4.56. The summed E-state index contributed by atoms with van der Waals surface area (Å²) in [4.78, 5) is 46.1. The first-order valence-corrected chi connectivity index (χ1v) is 24.6. The number of allylic oxidation sites excluding steroid dienone is 11. The molecule has 1 unspecified atom stereocenters. The third-order valence-corrected chi connectivity index (χ3v) is 10.6. The standard InChI is InChI=1S/C48H82NO12P/c1-3-5-7-9-11-13-15-17-18-19-20-21-22-23-25-27-29-31-33-37-46(52)58-39-42(40-59-62(56,57)60-41-43(49)48(54)55)61-47(53)38-34-36-45(51)44(50)35-32-30-28-26-24-16-14-12-10-8-6-4-2/h6,8,11-14,17-18,24,26,30,32,42-45,50-51H,3-5,7,9-10,15-16,19-23,25,27-29,31,33-41,49H2,1-2H3,(H,54,55)(H,56,57)/b8-6-,13-11-,14-12-,18-17-,26-24-,32-30-/t42-,43+,44-,45-/m1/s1. The second-order valence-corrected chi connectivity index (χ2v) is 16.9. The highest BCUT2D eigenvalue weighted by Crippen LogP contribution is 2.43. The lowest BCUT2D eigenvalue weighted by atomic mass is 10.0. The van der Waals surface area contributed by atoms with Gasteiger partial charge in [-0.3, -0.25) is 23.4 Å². The number of esters is 2. The first kappa shape index (κ1) is 58.8. The molecule has 13 nitrogen and oxygen atoms in total. The monoisotopic (exact) mass is 896 g/mol. The van der Waals surface area contributed by atoms with Crippen LogP contribution in [0, 0.1) is 0 Å². The van der Waals surface area contributed by atoms with Gasteiger partial charge < -0.3 is 35.4 Å². The van der Waals surface area contributed by atoms with Gasteiger partial charge in [0.25, 0.3) is 0 Å². The molecule has 14 heteroatoms. The Morgan fingerprint density at radius 1 is 0.581 bits per heavy atom. The molecular formula is C48H82NO12P. The maximum atomic E-state index is 12.7. The van der Waals surface area contributed by atoms with Crippen molar-refractivity contribution >= 4 is 25.7 Å². The van der Waals surface area contributed by atoms with Crippen molar-refractivity contribution in [3.63, 3.8) is 0 Å². The fourth-order valence-electron chi connectivity index (χ4n) is 5.89. The summed E-state index contributed by atoms with van der Waals surface area (Å²) in [5.74, 6) is -2.72. The number of carbonyl (C=O) groups excluding carboxylic acids is 2. The highest BCUT2D eigenvalue weighted by molar-refractivity contribution is 7.47. The summed E-state index contributed by atoms with van der Waals surface area (Å²) in [6.45, 7) is 2.36. The normalized spacial score (nSPS) is 15.3. The van der Waals surface area contributed by atoms with Crippen molar-refractivity contribution in [3.05, 3.63) is 72.9 Å². The molecule has 0 bridgehead atoms. The van der Waals surface area contributed by atoms with Crippen molar-refractivity contribution in [2.24, 2.45) is 5.73 Å². The van der Waals surface area contributed by atoms with Crippen molar-refractivity contribution in [1.82, 2.24) is 0 Å². The van der Waals surface area contributed by atoms with Crippen molar-refractivity contribution in [2.45, 2.75) is 192 Å². The van der Waals surface area contributed by atoms with Crippen molar-refractivity contribution < 1.29 is 57.7 Å². The fourth-order valence-corrected chi connectivity index (χ4v) is 6.67. The summed E-state index contributed by atoms with van der Waals surface area (Å²) in [7, 11) is -4.81. The third-order valence-electron chi connectivity index (χ3n) is 9.64. The molecule has 0 aliphatic heterocycles. The summed E-state index contributed by atoms with van der Waals surface area (Å²) in [6.07, 6.45) is 42.7. The summed E-state index contributed by atoms with van der Waals surface area (Å²) < 4.78 is 32.5. The van der Waals surface area contributed by atoms with Gasteiger partial charge in [0.05, 0.1) is 25.4 Å². The largest absolute Gasteiger partial charge is 0.480 e. The second kappa shape index (κ2) is 41.8. The van der Waals surface area contributed by atoms with Crippen LogP contribution in [0.4, 0.5) is 0 Å². The molecule has 0 saturated heterocycles. The number of hydrogen-bond donors (Lipinski definition) is 5. The van der Waals surface area contributed by atoms with Crippen molar-refractivity contribution in [3.8, 4) is 0 Å².